The molecule has 0 radical (unpaired) electrons. The van der Waals surface area contributed by atoms with Gasteiger partial charge >= 0.3 is 130 Å². The summed E-state index contributed by atoms with van der Waals surface area (Å²) in [5.41, 5.74) is -0.417. The fourth-order valence-corrected chi connectivity index (χ4v) is 3.52. The molecule has 1 aromatic heterocycles. The van der Waals surface area contributed by atoms with E-state index < -0.39 is 25.8 Å². The van der Waals surface area contributed by atoms with Crippen molar-refractivity contribution in [2.24, 2.45) is 0 Å². The molecule has 0 spiro atoms. The summed E-state index contributed by atoms with van der Waals surface area (Å²) in [6.07, 6.45) is 1.82. The van der Waals surface area contributed by atoms with E-state index in [1.807, 2.05) is 0 Å². The van der Waals surface area contributed by atoms with E-state index in [0.29, 0.717) is 44.7 Å². The summed E-state index contributed by atoms with van der Waals surface area (Å²) in [6, 6.07) is 3.49. The zero-order valence-electron chi connectivity index (χ0n) is 12.7. The van der Waals surface area contributed by atoms with Crippen LogP contribution in [0, 0.1) is 11.3 Å². The van der Waals surface area contributed by atoms with E-state index in [4.69, 9.17) is 14.5 Å². The first-order valence-electron chi connectivity index (χ1n) is 7.15. The maximum atomic E-state index is 11.9. The van der Waals surface area contributed by atoms with Crippen LogP contribution in [0.2, 0.25) is 0 Å². The number of rotatable bonds is 8. The van der Waals surface area contributed by atoms with E-state index >= 15 is 0 Å². The number of phosphoric ester groups is 1. The Morgan fingerprint density at radius 3 is 3.04 bits per heavy atom. The molecule has 1 aliphatic heterocycles. The number of nitriles is 1. The van der Waals surface area contributed by atoms with Crippen molar-refractivity contribution in [2.75, 3.05) is 16.3 Å². The molecule has 24 heavy (non-hydrogen) atoms. The summed E-state index contributed by atoms with van der Waals surface area (Å²) in [7, 11) is -4.20. The standard InChI is InChI=1S/C12H17N4O6P.Tl/c13-5-1-7-20-23(18,19)21-8-9-2-3-11(22-9)16-6-4-10(14)15-12(16)17;/h4,6,9,11H,1-3,7-8H2,(H3,14,15,17,18,19);/q;+1/p-1. The second kappa shape index (κ2) is 9.02. The molecule has 1 aromatic rings. The first kappa shape index (κ1) is 19.5. The molecule has 0 aliphatic carbocycles. The SMILES string of the molecule is N#CCCOP(=O)(O)OCC1CCC(n2ccc([NH][Tl])nc2=O)O1. The second-order valence-electron chi connectivity index (χ2n) is 4.94. The van der Waals surface area contributed by atoms with Crippen LogP contribution >= 0.6 is 7.82 Å². The third-order valence-corrected chi connectivity index (χ3v) is 5.40. The molecule has 2 N–H and O–H groups in total. The molecule has 1 saturated heterocycles. The predicted molar refractivity (Wildman–Crippen MR) is 83.0 cm³/mol. The van der Waals surface area contributed by atoms with Gasteiger partial charge in [-0.3, -0.25) is 0 Å². The van der Waals surface area contributed by atoms with Crippen molar-refractivity contribution in [3.05, 3.63) is 22.7 Å². The van der Waals surface area contributed by atoms with Gasteiger partial charge in [0.2, 0.25) is 0 Å². The Kier molecular flexibility index (Phi) is 7.33. The van der Waals surface area contributed by atoms with Gasteiger partial charge in [-0.15, -0.1) is 0 Å². The quantitative estimate of drug-likeness (QED) is 0.270. The van der Waals surface area contributed by atoms with Crippen molar-refractivity contribution in [3.63, 3.8) is 0 Å². The first-order chi connectivity index (χ1) is 11.4. The number of aromatic nitrogens is 2. The number of nitrogens with zero attached hydrogens (tertiary/aromatic N) is 3. The second-order valence-corrected chi connectivity index (χ2v) is 7.52. The molecule has 0 bridgehead atoms. The maximum absolute atomic E-state index is 11.9. The van der Waals surface area contributed by atoms with E-state index in [0.717, 1.165) is 0 Å². The van der Waals surface area contributed by atoms with Gasteiger partial charge in [0.25, 0.3) is 0 Å². The normalized spacial score (nSPS) is 22.6. The van der Waals surface area contributed by atoms with Crippen molar-refractivity contribution >= 4 is 39.7 Å². The van der Waals surface area contributed by atoms with Crippen LogP contribution in [0.25, 0.3) is 0 Å². The van der Waals surface area contributed by atoms with E-state index in [2.05, 4.69) is 12.6 Å². The molecule has 3 atom stereocenters. The Balaban J connectivity index is 1.86. The number of anilines is 1. The van der Waals surface area contributed by atoms with Gasteiger partial charge in [-0.05, 0) is 0 Å². The van der Waals surface area contributed by atoms with Gasteiger partial charge in [-0.25, -0.2) is 0 Å². The van der Waals surface area contributed by atoms with E-state index in [1.165, 1.54) is 4.57 Å². The third kappa shape index (κ3) is 5.61. The molecule has 0 saturated carbocycles. The van der Waals surface area contributed by atoms with Gasteiger partial charge < -0.3 is 0 Å². The Labute approximate surface area is 154 Å². The minimum absolute atomic E-state index is 0.00255. The summed E-state index contributed by atoms with van der Waals surface area (Å²) < 4.78 is 31.1. The minimum atomic E-state index is -4.20. The molecular formula is C12H16N4O6PTl. The molecule has 12 heteroatoms. The van der Waals surface area contributed by atoms with Crippen LogP contribution in [-0.2, 0) is 18.3 Å². The van der Waals surface area contributed by atoms with Gasteiger partial charge in [0.05, 0.1) is 19.1 Å². The van der Waals surface area contributed by atoms with Crippen molar-refractivity contribution in [1.82, 2.24) is 9.55 Å². The Bertz CT molecular complexity index is 708. The average Bonchev–Trinajstić information content (AvgIpc) is 3.02. The van der Waals surface area contributed by atoms with Crippen molar-refractivity contribution < 1.29 is 23.2 Å². The number of hydrogen-bond donors (Lipinski definition) is 2. The van der Waals surface area contributed by atoms with Crippen molar-refractivity contribution in [1.29, 1.82) is 5.26 Å². The van der Waals surface area contributed by atoms with E-state index in [1.54, 1.807) is 18.3 Å². The Morgan fingerprint density at radius 2 is 2.38 bits per heavy atom. The first-order valence-corrected chi connectivity index (χ1v) is 10.9. The van der Waals surface area contributed by atoms with Crippen LogP contribution < -0.4 is 8.82 Å². The predicted octanol–water partition coefficient (Wildman–Crippen LogP) is 0.464. The summed E-state index contributed by atoms with van der Waals surface area (Å²) in [6.45, 7) is -0.318. The van der Waals surface area contributed by atoms with Crippen LogP contribution in [0.1, 0.15) is 25.5 Å². The topological polar surface area (TPSA) is 136 Å². The molecule has 3 unspecified atom stereocenters. The van der Waals surface area contributed by atoms with Gasteiger partial charge in [-0.1, -0.05) is 0 Å². The molecule has 0 amide bonds. The average molecular weight is 548 g/mol. The summed E-state index contributed by atoms with van der Waals surface area (Å²) in [5, 5.41) is 8.36. The molecule has 2 rings (SSSR count). The molecular weight excluding hydrogens is 532 g/mol. The van der Waals surface area contributed by atoms with Gasteiger partial charge in [0.1, 0.15) is 0 Å². The fourth-order valence-electron chi connectivity index (χ4n) is 2.15. The molecule has 10 nitrogen and oxygen atoms in total. The van der Waals surface area contributed by atoms with Crippen molar-refractivity contribution in [3.8, 4) is 6.07 Å². The van der Waals surface area contributed by atoms with Crippen molar-refractivity contribution in [2.45, 2.75) is 31.6 Å². The fraction of sp³-hybridized carbons (Fsp3) is 0.583. The Hall–Kier alpha value is -0.838. The summed E-state index contributed by atoms with van der Waals surface area (Å²) in [5.74, 6) is 0.537. The summed E-state index contributed by atoms with van der Waals surface area (Å²) >= 11 is 0.492. The molecule has 1 fully saturated rings. The van der Waals surface area contributed by atoms with Gasteiger partial charge in [0.15, 0.2) is 0 Å². The number of hydrogen-bond acceptors (Lipinski definition) is 8. The number of ether oxygens (including phenoxy) is 1. The van der Waals surface area contributed by atoms with Gasteiger partial charge in [0, 0.05) is 0 Å². The molecule has 0 aromatic carbocycles. The third-order valence-electron chi connectivity index (χ3n) is 3.27. The Morgan fingerprint density at radius 1 is 1.58 bits per heavy atom. The number of phosphoric acid groups is 1. The molecule has 1 aliphatic rings. The zero-order valence-corrected chi connectivity index (χ0v) is 18.1. The van der Waals surface area contributed by atoms with E-state index in [-0.39, 0.29) is 19.6 Å². The van der Waals surface area contributed by atoms with Gasteiger partial charge in [-0.2, -0.15) is 5.26 Å². The molecule has 128 valence electrons. The number of nitrogens with one attached hydrogen (secondary N) is 1. The monoisotopic (exact) mass is 548 g/mol. The summed E-state index contributed by atoms with van der Waals surface area (Å²) in [4.78, 5) is 25.3. The molecule has 2 heterocycles. The zero-order chi connectivity index (χ0) is 17.6. The van der Waals surface area contributed by atoms with Crippen LogP contribution in [0.4, 0.5) is 5.82 Å². The van der Waals surface area contributed by atoms with Crippen LogP contribution in [0.15, 0.2) is 17.1 Å². The van der Waals surface area contributed by atoms with Crippen LogP contribution in [0.5, 0.6) is 0 Å². The van der Waals surface area contributed by atoms with Crippen LogP contribution in [-0.4, -0.2) is 59.8 Å². The van der Waals surface area contributed by atoms with E-state index in [9.17, 15) is 14.3 Å². The van der Waals surface area contributed by atoms with Crippen LogP contribution in [0.3, 0.4) is 0 Å².